The van der Waals surface area contributed by atoms with E-state index in [-0.39, 0.29) is 17.8 Å². The lowest BCUT2D eigenvalue weighted by Crippen LogP contribution is -2.30. The summed E-state index contributed by atoms with van der Waals surface area (Å²) in [6.45, 7) is 8.13. The molecule has 4 aromatic rings. The van der Waals surface area contributed by atoms with E-state index in [1.54, 1.807) is 0 Å². The van der Waals surface area contributed by atoms with Gasteiger partial charge >= 0.3 is 6.03 Å². The number of carbonyl (C=O) groups excluding carboxylic acids is 2. The van der Waals surface area contributed by atoms with E-state index in [1.807, 2.05) is 94.4 Å². The molecule has 5 rings (SSSR count). The van der Waals surface area contributed by atoms with Crippen molar-refractivity contribution in [2.24, 2.45) is 0 Å². The number of rotatable bonds is 6. The summed E-state index contributed by atoms with van der Waals surface area (Å²) >= 11 is 0. The van der Waals surface area contributed by atoms with Crippen molar-refractivity contribution in [1.29, 1.82) is 0 Å². The minimum absolute atomic E-state index is 0.0809. The quantitative estimate of drug-likeness (QED) is 0.282. The maximum Gasteiger partial charge on any atom is 0.329 e. The van der Waals surface area contributed by atoms with Crippen LogP contribution in [-0.4, -0.2) is 26.6 Å². The van der Waals surface area contributed by atoms with Crippen LogP contribution >= 0.6 is 0 Å². The Morgan fingerprint density at radius 2 is 1.53 bits per heavy atom. The zero-order chi connectivity index (χ0) is 27.0. The standard InChI is InChI=1S/C31H30N4O3/c1-19-12-14-23(15-13-19)18-34-30(37)27(32-31(34)38)17-25-26(16-24-10-6-5-8-21(24)3)33-35(29(25)36)28-11-7-9-20(2)22(28)4/h5-15,17,33H,16,18H2,1-4H3,(H,32,38)/b27-17-. The summed E-state index contributed by atoms with van der Waals surface area (Å²) in [5, 5.41) is 5.96. The van der Waals surface area contributed by atoms with Gasteiger partial charge in [-0.3, -0.25) is 19.6 Å². The smallest absolute Gasteiger partial charge is 0.303 e. The molecule has 38 heavy (non-hydrogen) atoms. The molecule has 1 aliphatic heterocycles. The number of benzene rings is 3. The first-order valence-corrected chi connectivity index (χ1v) is 12.6. The molecule has 1 saturated heterocycles. The van der Waals surface area contributed by atoms with Crippen LogP contribution in [0.2, 0.25) is 0 Å². The number of aromatic amines is 1. The fraction of sp³-hybridized carbons (Fsp3) is 0.194. The van der Waals surface area contributed by atoms with E-state index in [9.17, 15) is 14.4 Å². The third-order valence-corrected chi connectivity index (χ3v) is 7.16. The fourth-order valence-electron chi connectivity index (χ4n) is 4.66. The van der Waals surface area contributed by atoms with Crippen LogP contribution in [0.25, 0.3) is 11.8 Å². The van der Waals surface area contributed by atoms with Crippen LogP contribution in [0.1, 0.15) is 44.6 Å². The first-order chi connectivity index (χ1) is 18.2. The molecule has 3 amide bonds. The maximum absolute atomic E-state index is 13.8. The molecule has 1 aromatic heterocycles. The summed E-state index contributed by atoms with van der Waals surface area (Å²) in [4.78, 5) is 40.9. The minimum Gasteiger partial charge on any atom is -0.303 e. The van der Waals surface area contributed by atoms with Gasteiger partial charge in [0.05, 0.1) is 17.8 Å². The molecular formula is C31H30N4O3. The van der Waals surface area contributed by atoms with Crippen LogP contribution in [-0.2, 0) is 17.8 Å². The molecule has 0 atom stereocenters. The van der Waals surface area contributed by atoms with Gasteiger partial charge in [-0.05, 0) is 67.7 Å². The number of urea groups is 1. The van der Waals surface area contributed by atoms with E-state index in [2.05, 4.69) is 10.4 Å². The Labute approximate surface area is 221 Å². The number of nitrogens with one attached hydrogen (secondary N) is 2. The summed E-state index contributed by atoms with van der Waals surface area (Å²) in [6, 6.07) is 20.9. The lowest BCUT2D eigenvalue weighted by Gasteiger charge is -2.11. The molecule has 7 heteroatoms. The molecule has 0 radical (unpaired) electrons. The Kier molecular flexibility index (Phi) is 6.59. The molecule has 3 aromatic carbocycles. The number of H-pyrrole nitrogens is 1. The Hall–Kier alpha value is -4.65. The van der Waals surface area contributed by atoms with Gasteiger partial charge in [0, 0.05) is 12.1 Å². The Morgan fingerprint density at radius 1 is 0.816 bits per heavy atom. The van der Waals surface area contributed by atoms with Crippen LogP contribution in [0.5, 0.6) is 0 Å². The van der Waals surface area contributed by atoms with Crippen molar-refractivity contribution < 1.29 is 9.59 Å². The summed E-state index contributed by atoms with van der Waals surface area (Å²) in [6.07, 6.45) is 1.97. The predicted molar refractivity (Wildman–Crippen MR) is 148 cm³/mol. The van der Waals surface area contributed by atoms with Gasteiger partial charge in [0.25, 0.3) is 11.5 Å². The van der Waals surface area contributed by atoms with Gasteiger partial charge in [-0.2, -0.15) is 0 Å². The lowest BCUT2D eigenvalue weighted by molar-refractivity contribution is -0.123. The van der Waals surface area contributed by atoms with Gasteiger partial charge in [0.2, 0.25) is 0 Å². The largest absolute Gasteiger partial charge is 0.329 e. The van der Waals surface area contributed by atoms with Crippen molar-refractivity contribution in [1.82, 2.24) is 20.0 Å². The normalized spacial score (nSPS) is 14.4. The van der Waals surface area contributed by atoms with Crippen molar-refractivity contribution in [2.75, 3.05) is 0 Å². The molecule has 2 heterocycles. The van der Waals surface area contributed by atoms with E-state index in [1.165, 1.54) is 10.8 Å². The molecule has 0 aliphatic carbocycles. The summed E-state index contributed by atoms with van der Waals surface area (Å²) < 4.78 is 1.52. The van der Waals surface area contributed by atoms with Crippen molar-refractivity contribution in [3.63, 3.8) is 0 Å². The maximum atomic E-state index is 13.8. The number of aromatic nitrogens is 2. The summed E-state index contributed by atoms with van der Waals surface area (Å²) in [5.74, 6) is -0.462. The topological polar surface area (TPSA) is 87.2 Å². The fourth-order valence-corrected chi connectivity index (χ4v) is 4.66. The SMILES string of the molecule is Cc1ccc(CN2C(=O)N/C(=C\c3c(Cc4ccccc4C)[nH]n(-c4cccc(C)c4C)c3=O)C2=O)cc1. The third kappa shape index (κ3) is 4.70. The molecule has 192 valence electrons. The summed E-state index contributed by atoms with van der Waals surface area (Å²) in [7, 11) is 0. The highest BCUT2D eigenvalue weighted by atomic mass is 16.2. The van der Waals surface area contributed by atoms with E-state index >= 15 is 0 Å². The first-order valence-electron chi connectivity index (χ1n) is 12.6. The highest BCUT2D eigenvalue weighted by molar-refractivity contribution is 6.13. The Bertz CT molecular complexity index is 1640. The molecule has 1 aliphatic rings. The first kappa shape index (κ1) is 25.0. The number of amides is 3. The van der Waals surface area contributed by atoms with Crippen molar-refractivity contribution >= 4 is 18.0 Å². The van der Waals surface area contributed by atoms with E-state index in [0.717, 1.165) is 44.0 Å². The lowest BCUT2D eigenvalue weighted by atomic mass is 10.0. The molecule has 7 nitrogen and oxygen atoms in total. The van der Waals surface area contributed by atoms with Crippen molar-refractivity contribution in [3.05, 3.63) is 127 Å². The second-order valence-corrected chi connectivity index (χ2v) is 9.83. The van der Waals surface area contributed by atoms with E-state index in [4.69, 9.17) is 0 Å². The highest BCUT2D eigenvalue weighted by Crippen LogP contribution is 2.22. The minimum atomic E-state index is -0.507. The van der Waals surface area contributed by atoms with Crippen molar-refractivity contribution in [3.8, 4) is 5.69 Å². The molecule has 0 spiro atoms. The van der Waals surface area contributed by atoms with Gasteiger partial charge in [-0.25, -0.2) is 9.48 Å². The number of nitrogens with zero attached hydrogens (tertiary/aromatic N) is 2. The Balaban J connectivity index is 1.57. The molecule has 0 unspecified atom stereocenters. The molecule has 2 N–H and O–H groups in total. The Morgan fingerprint density at radius 3 is 2.26 bits per heavy atom. The zero-order valence-corrected chi connectivity index (χ0v) is 22.0. The number of hydrogen-bond donors (Lipinski definition) is 2. The van der Waals surface area contributed by atoms with Gasteiger partial charge in [-0.15, -0.1) is 0 Å². The number of imide groups is 1. The monoisotopic (exact) mass is 506 g/mol. The van der Waals surface area contributed by atoms with Crippen LogP contribution in [0.3, 0.4) is 0 Å². The zero-order valence-electron chi connectivity index (χ0n) is 22.0. The number of aryl methyl sites for hydroxylation is 3. The number of hydrogen-bond acceptors (Lipinski definition) is 3. The van der Waals surface area contributed by atoms with Crippen molar-refractivity contribution in [2.45, 2.75) is 40.7 Å². The number of carbonyl (C=O) groups is 2. The van der Waals surface area contributed by atoms with Crippen LogP contribution in [0.15, 0.2) is 77.2 Å². The van der Waals surface area contributed by atoms with Gasteiger partial charge in [0.1, 0.15) is 5.70 Å². The van der Waals surface area contributed by atoms with E-state index < -0.39 is 11.9 Å². The second kappa shape index (κ2) is 10.0. The van der Waals surface area contributed by atoms with E-state index in [0.29, 0.717) is 17.7 Å². The molecular weight excluding hydrogens is 476 g/mol. The average Bonchev–Trinajstić information content (AvgIpc) is 3.34. The second-order valence-electron chi connectivity index (χ2n) is 9.83. The van der Waals surface area contributed by atoms with Crippen LogP contribution in [0.4, 0.5) is 4.79 Å². The van der Waals surface area contributed by atoms with Crippen LogP contribution < -0.4 is 10.9 Å². The summed E-state index contributed by atoms with van der Waals surface area (Å²) in [5.41, 5.74) is 7.69. The van der Waals surface area contributed by atoms with Crippen LogP contribution in [0, 0.1) is 27.7 Å². The predicted octanol–water partition coefficient (Wildman–Crippen LogP) is 5.08. The third-order valence-electron chi connectivity index (χ3n) is 7.16. The average molecular weight is 507 g/mol. The van der Waals surface area contributed by atoms with Gasteiger partial charge in [0.15, 0.2) is 0 Å². The van der Waals surface area contributed by atoms with Gasteiger partial charge in [-0.1, -0.05) is 66.2 Å². The van der Waals surface area contributed by atoms with Gasteiger partial charge < -0.3 is 5.32 Å². The highest BCUT2D eigenvalue weighted by Gasteiger charge is 2.34. The molecule has 1 fully saturated rings. The molecule has 0 saturated carbocycles. The molecule has 0 bridgehead atoms.